The average Bonchev–Trinajstić information content (AvgIpc) is 2.88. The summed E-state index contributed by atoms with van der Waals surface area (Å²) in [6.45, 7) is 0.954. The minimum atomic E-state index is -3.83. The third-order valence-electron chi connectivity index (χ3n) is 4.24. The molecule has 0 amide bonds. The third-order valence-corrected chi connectivity index (χ3v) is 6.11. The predicted molar refractivity (Wildman–Crippen MR) is 82.5 cm³/mol. The Balaban J connectivity index is 2.01. The van der Waals surface area contributed by atoms with Crippen molar-refractivity contribution in [3.8, 4) is 0 Å². The van der Waals surface area contributed by atoms with Crippen LogP contribution in [0.3, 0.4) is 0 Å². The zero-order valence-corrected chi connectivity index (χ0v) is 13.1. The van der Waals surface area contributed by atoms with Crippen molar-refractivity contribution >= 4 is 21.7 Å². The van der Waals surface area contributed by atoms with Crippen LogP contribution in [0.15, 0.2) is 35.2 Å². The zero-order chi connectivity index (χ0) is 15.9. The summed E-state index contributed by atoms with van der Waals surface area (Å²) in [6.07, 6.45) is 4.49. The molecule has 0 spiro atoms. The molecule has 2 aliphatic rings. The normalized spacial score (nSPS) is 21.9. The van der Waals surface area contributed by atoms with Gasteiger partial charge in [-0.15, -0.1) is 0 Å². The first-order chi connectivity index (χ1) is 10.4. The molecule has 2 heterocycles. The van der Waals surface area contributed by atoms with Crippen LogP contribution in [-0.2, 0) is 21.2 Å². The van der Waals surface area contributed by atoms with Gasteiger partial charge in [-0.25, -0.2) is 8.42 Å². The van der Waals surface area contributed by atoms with E-state index in [0.717, 1.165) is 28.5 Å². The minimum Gasteiger partial charge on any atom is -0.480 e. The maximum atomic E-state index is 12.8. The fourth-order valence-electron chi connectivity index (χ4n) is 2.95. The molecule has 0 radical (unpaired) electrons. The molecule has 22 heavy (non-hydrogen) atoms. The van der Waals surface area contributed by atoms with Crippen LogP contribution >= 0.6 is 0 Å². The van der Waals surface area contributed by atoms with Crippen LogP contribution in [0.4, 0.5) is 5.69 Å². The number of rotatable bonds is 3. The molecule has 0 aliphatic carbocycles. The molecule has 2 aliphatic heterocycles. The molecule has 6 nitrogen and oxygen atoms in total. The van der Waals surface area contributed by atoms with Gasteiger partial charge < -0.3 is 10.0 Å². The lowest BCUT2D eigenvalue weighted by atomic mass is 10.1. The summed E-state index contributed by atoms with van der Waals surface area (Å²) < 4.78 is 26.7. The van der Waals surface area contributed by atoms with E-state index >= 15 is 0 Å². The first-order valence-electron chi connectivity index (χ1n) is 7.15. The van der Waals surface area contributed by atoms with Crippen molar-refractivity contribution in [3.63, 3.8) is 0 Å². The lowest BCUT2D eigenvalue weighted by Gasteiger charge is -2.29. The maximum Gasteiger partial charge on any atom is 0.322 e. The second-order valence-electron chi connectivity index (χ2n) is 5.60. The minimum absolute atomic E-state index is 0.0895. The van der Waals surface area contributed by atoms with E-state index in [-0.39, 0.29) is 17.9 Å². The van der Waals surface area contributed by atoms with Crippen LogP contribution < -0.4 is 4.90 Å². The molecule has 118 valence electrons. The van der Waals surface area contributed by atoms with E-state index in [4.69, 9.17) is 0 Å². The first-order valence-corrected chi connectivity index (χ1v) is 8.59. The Labute approximate surface area is 129 Å². The highest BCUT2D eigenvalue weighted by atomic mass is 32.2. The molecule has 1 aromatic carbocycles. The van der Waals surface area contributed by atoms with E-state index in [1.807, 2.05) is 18.0 Å². The number of sulfonamides is 1. The number of benzene rings is 1. The molecule has 0 saturated carbocycles. The van der Waals surface area contributed by atoms with E-state index in [9.17, 15) is 18.3 Å². The van der Waals surface area contributed by atoms with Crippen LogP contribution in [0, 0.1) is 0 Å². The van der Waals surface area contributed by atoms with Gasteiger partial charge in [0.25, 0.3) is 0 Å². The van der Waals surface area contributed by atoms with Gasteiger partial charge in [0.2, 0.25) is 10.0 Å². The lowest BCUT2D eigenvalue weighted by molar-refractivity contribution is -0.141. The van der Waals surface area contributed by atoms with Crippen molar-refractivity contribution in [1.29, 1.82) is 0 Å². The molecule has 7 heteroatoms. The SMILES string of the molecule is CN1CCc2ccc(S(=O)(=O)N3CC=CCC3C(=O)O)cc21. The summed E-state index contributed by atoms with van der Waals surface area (Å²) >= 11 is 0. The van der Waals surface area contributed by atoms with Gasteiger partial charge in [0.05, 0.1) is 4.90 Å². The Morgan fingerprint density at radius 1 is 1.32 bits per heavy atom. The Bertz CT molecular complexity index is 742. The average molecular weight is 322 g/mol. The summed E-state index contributed by atoms with van der Waals surface area (Å²) in [5.41, 5.74) is 2.02. The van der Waals surface area contributed by atoms with Crippen molar-refractivity contribution in [2.45, 2.75) is 23.8 Å². The molecule has 1 N–H and O–H groups in total. The van der Waals surface area contributed by atoms with Crippen LogP contribution in [0.25, 0.3) is 0 Å². The van der Waals surface area contributed by atoms with Gasteiger partial charge in [-0.05, 0) is 30.5 Å². The van der Waals surface area contributed by atoms with E-state index in [1.165, 1.54) is 0 Å². The topological polar surface area (TPSA) is 77.9 Å². The number of aliphatic carboxylic acids is 1. The van der Waals surface area contributed by atoms with Crippen molar-refractivity contribution < 1.29 is 18.3 Å². The van der Waals surface area contributed by atoms with Gasteiger partial charge in [-0.3, -0.25) is 4.79 Å². The maximum absolute atomic E-state index is 12.8. The Hall–Kier alpha value is -1.86. The highest BCUT2D eigenvalue weighted by Crippen LogP contribution is 2.31. The number of carbonyl (C=O) groups is 1. The number of nitrogens with zero attached hydrogens (tertiary/aromatic N) is 2. The van der Waals surface area contributed by atoms with Crippen molar-refractivity contribution in [3.05, 3.63) is 35.9 Å². The van der Waals surface area contributed by atoms with Gasteiger partial charge in [-0.2, -0.15) is 4.31 Å². The summed E-state index contributed by atoms with van der Waals surface area (Å²) in [5.74, 6) is -1.12. The number of hydrogen-bond acceptors (Lipinski definition) is 4. The van der Waals surface area contributed by atoms with E-state index in [2.05, 4.69) is 0 Å². The Kier molecular flexibility index (Phi) is 3.70. The van der Waals surface area contributed by atoms with Gasteiger partial charge >= 0.3 is 5.97 Å². The smallest absolute Gasteiger partial charge is 0.322 e. The number of carboxylic acids is 1. The fraction of sp³-hybridized carbons (Fsp3) is 0.400. The van der Waals surface area contributed by atoms with Gasteiger partial charge in [-0.1, -0.05) is 18.2 Å². The summed E-state index contributed by atoms with van der Waals surface area (Å²) in [6, 6.07) is 4.00. The van der Waals surface area contributed by atoms with Crippen molar-refractivity contribution in [2.75, 3.05) is 25.0 Å². The van der Waals surface area contributed by atoms with E-state index in [0.29, 0.717) is 0 Å². The summed E-state index contributed by atoms with van der Waals surface area (Å²) in [7, 11) is -1.90. The molecule has 0 saturated heterocycles. The third kappa shape index (κ3) is 2.40. The largest absolute Gasteiger partial charge is 0.480 e. The molecule has 1 unspecified atom stereocenters. The number of carboxylic acid groups (broad SMARTS) is 1. The number of anilines is 1. The molecule has 0 bridgehead atoms. The van der Waals surface area contributed by atoms with Crippen LogP contribution in [0.1, 0.15) is 12.0 Å². The summed E-state index contributed by atoms with van der Waals surface area (Å²) in [5, 5.41) is 9.27. The second kappa shape index (κ2) is 5.40. The zero-order valence-electron chi connectivity index (χ0n) is 12.3. The number of likely N-dealkylation sites (N-methyl/N-ethyl adjacent to an activating group) is 1. The lowest BCUT2D eigenvalue weighted by Crippen LogP contribution is -2.46. The van der Waals surface area contributed by atoms with Gasteiger partial charge in [0.15, 0.2) is 0 Å². The fourth-order valence-corrected chi connectivity index (χ4v) is 4.52. The quantitative estimate of drug-likeness (QED) is 0.843. The first kappa shape index (κ1) is 15.1. The Morgan fingerprint density at radius 2 is 2.09 bits per heavy atom. The molecule has 0 fully saturated rings. The highest BCUT2D eigenvalue weighted by Gasteiger charge is 2.36. The molecule has 0 aromatic heterocycles. The number of hydrogen-bond donors (Lipinski definition) is 1. The van der Waals surface area contributed by atoms with E-state index < -0.39 is 22.0 Å². The van der Waals surface area contributed by atoms with Crippen LogP contribution in [0.2, 0.25) is 0 Å². The monoisotopic (exact) mass is 322 g/mol. The van der Waals surface area contributed by atoms with Crippen LogP contribution in [-0.4, -0.2) is 50.0 Å². The molecule has 1 atom stereocenters. The van der Waals surface area contributed by atoms with E-state index in [1.54, 1.807) is 24.3 Å². The predicted octanol–water partition coefficient (Wildman–Crippen LogP) is 1.08. The van der Waals surface area contributed by atoms with Gasteiger partial charge in [0, 0.05) is 25.8 Å². The molecular formula is C15H18N2O4S. The second-order valence-corrected chi connectivity index (χ2v) is 7.49. The highest BCUT2D eigenvalue weighted by molar-refractivity contribution is 7.89. The standard InChI is InChI=1S/C15H18N2O4S/c1-16-9-7-11-5-6-12(10-14(11)16)22(20,21)17-8-3-2-4-13(17)15(18)19/h2-3,5-6,10,13H,4,7-9H2,1H3,(H,18,19). The van der Waals surface area contributed by atoms with Gasteiger partial charge in [0.1, 0.15) is 6.04 Å². The van der Waals surface area contributed by atoms with Crippen molar-refractivity contribution in [2.24, 2.45) is 0 Å². The number of fused-ring (bicyclic) bond motifs is 1. The molecule has 3 rings (SSSR count). The molecular weight excluding hydrogens is 304 g/mol. The Morgan fingerprint density at radius 3 is 2.82 bits per heavy atom. The summed E-state index contributed by atoms with van der Waals surface area (Å²) in [4.78, 5) is 13.5. The molecule has 1 aromatic rings. The van der Waals surface area contributed by atoms with Crippen molar-refractivity contribution in [1.82, 2.24) is 4.31 Å². The van der Waals surface area contributed by atoms with Crippen LogP contribution in [0.5, 0.6) is 0 Å².